The van der Waals surface area contributed by atoms with E-state index in [9.17, 15) is 4.39 Å². The van der Waals surface area contributed by atoms with Crippen molar-refractivity contribution < 1.29 is 4.39 Å². The summed E-state index contributed by atoms with van der Waals surface area (Å²) in [6.45, 7) is 2.58. The van der Waals surface area contributed by atoms with Gasteiger partial charge in [-0.25, -0.2) is 4.39 Å². The van der Waals surface area contributed by atoms with Crippen LogP contribution in [0.2, 0.25) is 0 Å². The van der Waals surface area contributed by atoms with Gasteiger partial charge in [0.25, 0.3) is 0 Å². The highest BCUT2D eigenvalue weighted by Crippen LogP contribution is 2.22. The number of hydrogen-bond donors (Lipinski definition) is 1. The summed E-state index contributed by atoms with van der Waals surface area (Å²) < 4.78 is 12.9. The molecule has 1 atom stereocenters. The maximum atomic E-state index is 12.9. The van der Waals surface area contributed by atoms with E-state index in [1.54, 1.807) is 6.20 Å². The van der Waals surface area contributed by atoms with Crippen LogP contribution in [-0.2, 0) is 0 Å². The summed E-state index contributed by atoms with van der Waals surface area (Å²) in [5.41, 5.74) is 6.45. The van der Waals surface area contributed by atoms with Crippen molar-refractivity contribution in [1.29, 1.82) is 0 Å². The SMILES string of the molecule is NCC1CCN(c2cncc(F)c2)C1. The Balaban J connectivity index is 2.09. The third kappa shape index (κ3) is 1.85. The summed E-state index contributed by atoms with van der Waals surface area (Å²) in [5, 5.41) is 0. The molecule has 0 spiro atoms. The number of nitrogens with zero attached hydrogens (tertiary/aromatic N) is 2. The standard InChI is InChI=1S/C10H14FN3/c11-9-3-10(6-13-5-9)14-2-1-8(4-12)7-14/h3,5-6,8H,1-2,4,7,12H2. The second-order valence-corrected chi connectivity index (χ2v) is 3.70. The molecule has 0 radical (unpaired) electrons. The third-order valence-electron chi connectivity index (χ3n) is 2.67. The summed E-state index contributed by atoms with van der Waals surface area (Å²) in [6.07, 6.45) is 4.01. The molecule has 0 amide bonds. The molecule has 0 bridgehead atoms. The highest BCUT2D eigenvalue weighted by Gasteiger charge is 2.21. The van der Waals surface area contributed by atoms with E-state index in [-0.39, 0.29) is 5.82 Å². The molecule has 1 aromatic rings. The van der Waals surface area contributed by atoms with Gasteiger partial charge in [0.2, 0.25) is 0 Å². The van der Waals surface area contributed by atoms with Crippen LogP contribution in [0.15, 0.2) is 18.5 Å². The van der Waals surface area contributed by atoms with Gasteiger partial charge >= 0.3 is 0 Å². The number of aromatic nitrogens is 1. The van der Waals surface area contributed by atoms with Gasteiger partial charge in [0.05, 0.1) is 18.1 Å². The predicted molar refractivity (Wildman–Crippen MR) is 53.6 cm³/mol. The monoisotopic (exact) mass is 195 g/mol. The molecule has 0 aliphatic carbocycles. The van der Waals surface area contributed by atoms with E-state index in [1.807, 2.05) is 0 Å². The van der Waals surface area contributed by atoms with Crippen LogP contribution >= 0.6 is 0 Å². The van der Waals surface area contributed by atoms with Crippen LogP contribution in [0.4, 0.5) is 10.1 Å². The second kappa shape index (κ2) is 3.92. The molecule has 0 saturated carbocycles. The smallest absolute Gasteiger partial charge is 0.143 e. The molecule has 2 rings (SSSR count). The summed E-state index contributed by atoms with van der Waals surface area (Å²) in [4.78, 5) is 5.96. The van der Waals surface area contributed by atoms with Crippen molar-refractivity contribution in [3.8, 4) is 0 Å². The maximum absolute atomic E-state index is 12.9. The molecule has 4 heteroatoms. The molecule has 1 saturated heterocycles. The van der Waals surface area contributed by atoms with Crippen molar-refractivity contribution in [1.82, 2.24) is 4.98 Å². The molecule has 14 heavy (non-hydrogen) atoms. The summed E-state index contributed by atoms with van der Waals surface area (Å²) >= 11 is 0. The van der Waals surface area contributed by atoms with Gasteiger partial charge < -0.3 is 10.6 Å². The summed E-state index contributed by atoms with van der Waals surface area (Å²) in [7, 11) is 0. The minimum Gasteiger partial charge on any atom is -0.370 e. The fourth-order valence-electron chi connectivity index (χ4n) is 1.83. The molecule has 1 aromatic heterocycles. The molecule has 0 aromatic carbocycles. The van der Waals surface area contributed by atoms with Crippen molar-refractivity contribution in [2.24, 2.45) is 11.7 Å². The van der Waals surface area contributed by atoms with Crippen molar-refractivity contribution >= 4 is 5.69 Å². The van der Waals surface area contributed by atoms with E-state index in [2.05, 4.69) is 9.88 Å². The lowest BCUT2D eigenvalue weighted by molar-refractivity contribution is 0.601. The summed E-state index contributed by atoms with van der Waals surface area (Å²) in [6, 6.07) is 1.52. The molecule has 2 heterocycles. The number of halogens is 1. The van der Waals surface area contributed by atoms with E-state index < -0.39 is 0 Å². The van der Waals surface area contributed by atoms with Gasteiger partial charge in [0.1, 0.15) is 5.82 Å². The zero-order valence-corrected chi connectivity index (χ0v) is 7.99. The van der Waals surface area contributed by atoms with E-state index in [1.165, 1.54) is 12.3 Å². The van der Waals surface area contributed by atoms with Crippen molar-refractivity contribution in [2.75, 3.05) is 24.5 Å². The van der Waals surface area contributed by atoms with Gasteiger partial charge in [-0.3, -0.25) is 4.98 Å². The van der Waals surface area contributed by atoms with Gasteiger partial charge in [-0.05, 0) is 18.9 Å². The third-order valence-corrected chi connectivity index (χ3v) is 2.67. The zero-order chi connectivity index (χ0) is 9.97. The normalized spacial score (nSPS) is 21.6. The average molecular weight is 195 g/mol. The Bertz CT molecular complexity index is 316. The molecule has 2 N–H and O–H groups in total. The van der Waals surface area contributed by atoms with Crippen molar-refractivity contribution in [2.45, 2.75) is 6.42 Å². The molecular weight excluding hydrogens is 181 g/mol. The molecule has 3 nitrogen and oxygen atoms in total. The Morgan fingerprint density at radius 1 is 1.57 bits per heavy atom. The molecular formula is C10H14FN3. The molecule has 1 aliphatic rings. The molecule has 76 valence electrons. The number of anilines is 1. The van der Waals surface area contributed by atoms with Crippen LogP contribution in [0.5, 0.6) is 0 Å². The highest BCUT2D eigenvalue weighted by atomic mass is 19.1. The maximum Gasteiger partial charge on any atom is 0.143 e. The molecule has 1 fully saturated rings. The largest absolute Gasteiger partial charge is 0.370 e. The van der Waals surface area contributed by atoms with Gasteiger partial charge in [-0.15, -0.1) is 0 Å². The van der Waals surface area contributed by atoms with E-state index in [0.717, 1.165) is 25.2 Å². The van der Waals surface area contributed by atoms with Gasteiger partial charge in [-0.1, -0.05) is 0 Å². The fourth-order valence-corrected chi connectivity index (χ4v) is 1.83. The van der Waals surface area contributed by atoms with E-state index in [0.29, 0.717) is 12.5 Å². The number of nitrogens with two attached hydrogens (primary N) is 1. The van der Waals surface area contributed by atoms with E-state index in [4.69, 9.17) is 5.73 Å². The first-order valence-corrected chi connectivity index (χ1v) is 4.85. The van der Waals surface area contributed by atoms with Crippen LogP contribution in [0, 0.1) is 11.7 Å². The fraction of sp³-hybridized carbons (Fsp3) is 0.500. The van der Waals surface area contributed by atoms with Crippen molar-refractivity contribution in [3.63, 3.8) is 0 Å². The minimum absolute atomic E-state index is 0.279. The summed E-state index contributed by atoms with van der Waals surface area (Å²) in [5.74, 6) is 0.261. The van der Waals surface area contributed by atoms with Crippen LogP contribution in [-0.4, -0.2) is 24.6 Å². The zero-order valence-electron chi connectivity index (χ0n) is 7.99. The Labute approximate surface area is 82.7 Å². The topological polar surface area (TPSA) is 42.1 Å². The van der Waals surface area contributed by atoms with Crippen LogP contribution in [0.1, 0.15) is 6.42 Å². The Morgan fingerprint density at radius 3 is 3.07 bits per heavy atom. The lowest BCUT2D eigenvalue weighted by Crippen LogP contribution is -2.22. The van der Waals surface area contributed by atoms with Gasteiger partial charge in [-0.2, -0.15) is 0 Å². The first-order chi connectivity index (χ1) is 6.79. The van der Waals surface area contributed by atoms with Crippen molar-refractivity contribution in [3.05, 3.63) is 24.3 Å². The lowest BCUT2D eigenvalue weighted by atomic mass is 10.1. The number of hydrogen-bond acceptors (Lipinski definition) is 3. The van der Waals surface area contributed by atoms with E-state index >= 15 is 0 Å². The van der Waals surface area contributed by atoms with Gasteiger partial charge in [0.15, 0.2) is 0 Å². The number of pyridine rings is 1. The average Bonchev–Trinajstić information content (AvgIpc) is 2.66. The Kier molecular flexibility index (Phi) is 2.63. The Morgan fingerprint density at radius 2 is 2.43 bits per heavy atom. The van der Waals surface area contributed by atoms with Gasteiger partial charge in [0, 0.05) is 19.2 Å². The second-order valence-electron chi connectivity index (χ2n) is 3.70. The predicted octanol–water partition coefficient (Wildman–Crippen LogP) is 1.01. The van der Waals surface area contributed by atoms with Crippen LogP contribution in [0.3, 0.4) is 0 Å². The molecule has 1 unspecified atom stereocenters. The molecule has 1 aliphatic heterocycles. The van der Waals surface area contributed by atoms with Crippen LogP contribution in [0.25, 0.3) is 0 Å². The minimum atomic E-state index is -0.279. The number of rotatable bonds is 2. The lowest BCUT2D eigenvalue weighted by Gasteiger charge is -2.17. The first-order valence-electron chi connectivity index (χ1n) is 4.85. The van der Waals surface area contributed by atoms with Crippen LogP contribution < -0.4 is 10.6 Å². The Hall–Kier alpha value is -1.16. The quantitative estimate of drug-likeness (QED) is 0.765. The first kappa shape index (κ1) is 9.40. The highest BCUT2D eigenvalue weighted by molar-refractivity contribution is 5.45.